The second-order valence-corrected chi connectivity index (χ2v) is 10.7. The number of alkyl halides is 1. The van der Waals surface area contributed by atoms with Crippen LogP contribution in [0.1, 0.15) is 63.4 Å². The second-order valence-electron chi connectivity index (χ2n) is 10.7. The Morgan fingerprint density at radius 3 is 2.61 bits per heavy atom. The van der Waals surface area contributed by atoms with E-state index < -0.39 is 35.4 Å². The maximum Gasteiger partial charge on any atom is 0.404 e. The Morgan fingerprint density at radius 2 is 1.92 bits per heavy atom. The zero-order chi connectivity index (χ0) is 27.7. The number of urea groups is 1. The standard InChI is InChI=1S/C27H41F3N4O4/c1-31-16-21(15-18-8-10-20(28)11-9-18)33-25(35)34-14-3-5-19(17-34)27(38,12-4-13-32-26(36)37)22-6-2-7-23(29)24(22)30/h2,6-7,18-21,31-32,38H,3-5,8-17H2,1H3,(H,33,35)(H,36,37)/t18-,19-,20-,21+,27+/m1/s1. The van der Waals surface area contributed by atoms with Crippen LogP contribution in [0, 0.1) is 23.5 Å². The number of rotatable bonds is 11. The molecule has 8 nitrogen and oxygen atoms in total. The summed E-state index contributed by atoms with van der Waals surface area (Å²) in [6.07, 6.45) is 2.75. The minimum atomic E-state index is -1.79. The lowest BCUT2D eigenvalue weighted by Gasteiger charge is -2.43. The first kappa shape index (κ1) is 30.0. The molecule has 214 valence electrons. The van der Waals surface area contributed by atoms with Gasteiger partial charge in [0, 0.05) is 43.7 Å². The maximum atomic E-state index is 14.9. The van der Waals surface area contributed by atoms with Gasteiger partial charge in [0.2, 0.25) is 0 Å². The predicted octanol–water partition coefficient (Wildman–Crippen LogP) is 4.13. The van der Waals surface area contributed by atoms with Gasteiger partial charge in [0.1, 0.15) is 6.17 Å². The van der Waals surface area contributed by atoms with Crippen LogP contribution in [-0.4, -0.2) is 72.7 Å². The number of likely N-dealkylation sites (tertiary alicyclic amines) is 1. The van der Waals surface area contributed by atoms with Crippen molar-refractivity contribution in [3.63, 3.8) is 0 Å². The molecular weight excluding hydrogens is 501 g/mol. The monoisotopic (exact) mass is 542 g/mol. The van der Waals surface area contributed by atoms with E-state index in [0.717, 1.165) is 25.3 Å². The Labute approximate surface area is 222 Å². The van der Waals surface area contributed by atoms with Gasteiger partial charge in [-0.1, -0.05) is 12.1 Å². The lowest BCUT2D eigenvalue weighted by molar-refractivity contribution is -0.0580. The molecule has 1 aromatic rings. The van der Waals surface area contributed by atoms with E-state index in [1.807, 2.05) is 0 Å². The quantitative estimate of drug-likeness (QED) is 0.270. The summed E-state index contributed by atoms with van der Waals surface area (Å²) in [7, 11) is 1.81. The molecule has 0 aromatic heterocycles. The van der Waals surface area contributed by atoms with Crippen LogP contribution in [0.3, 0.4) is 0 Å². The summed E-state index contributed by atoms with van der Waals surface area (Å²) in [6, 6.07) is 3.23. The number of halogens is 3. The van der Waals surface area contributed by atoms with Crippen LogP contribution in [0.4, 0.5) is 22.8 Å². The van der Waals surface area contributed by atoms with Gasteiger partial charge in [-0.3, -0.25) is 0 Å². The van der Waals surface area contributed by atoms with E-state index in [1.54, 1.807) is 11.9 Å². The summed E-state index contributed by atoms with van der Waals surface area (Å²) in [6.45, 7) is 1.21. The number of benzene rings is 1. The number of piperidine rings is 1. The number of aliphatic hydroxyl groups is 1. The van der Waals surface area contributed by atoms with Gasteiger partial charge < -0.3 is 31.1 Å². The molecule has 0 bridgehead atoms. The number of amides is 3. The molecule has 3 rings (SSSR count). The Balaban J connectivity index is 1.71. The second kappa shape index (κ2) is 14.0. The molecule has 2 aliphatic rings. The molecular formula is C27H41F3N4O4. The average molecular weight is 543 g/mol. The lowest BCUT2D eigenvalue weighted by Crippen LogP contribution is -2.54. The third kappa shape index (κ3) is 7.99. The number of carbonyl (C=O) groups is 2. The summed E-state index contributed by atoms with van der Waals surface area (Å²) < 4.78 is 42.6. The van der Waals surface area contributed by atoms with Gasteiger partial charge in [0.25, 0.3) is 0 Å². The molecule has 2 fully saturated rings. The fourth-order valence-corrected chi connectivity index (χ4v) is 5.97. The minimum absolute atomic E-state index is 0.00654. The van der Waals surface area contributed by atoms with E-state index in [4.69, 9.17) is 5.11 Å². The molecule has 5 N–H and O–H groups in total. The van der Waals surface area contributed by atoms with Crippen LogP contribution >= 0.6 is 0 Å². The molecule has 0 unspecified atom stereocenters. The van der Waals surface area contributed by atoms with Gasteiger partial charge in [0.05, 0.1) is 5.60 Å². The number of nitrogens with one attached hydrogen (secondary N) is 3. The van der Waals surface area contributed by atoms with E-state index in [2.05, 4.69) is 16.0 Å². The smallest absolute Gasteiger partial charge is 0.404 e. The van der Waals surface area contributed by atoms with E-state index >= 15 is 0 Å². The number of hydrogen-bond donors (Lipinski definition) is 5. The number of likely N-dealkylation sites (N-methyl/N-ethyl adjacent to an activating group) is 1. The van der Waals surface area contributed by atoms with Crippen LogP contribution < -0.4 is 16.0 Å². The van der Waals surface area contributed by atoms with Crippen molar-refractivity contribution in [1.29, 1.82) is 0 Å². The number of nitrogens with zero attached hydrogens (tertiary/aromatic N) is 1. The van der Waals surface area contributed by atoms with Gasteiger partial charge in [-0.15, -0.1) is 0 Å². The number of carboxylic acid groups (broad SMARTS) is 1. The summed E-state index contributed by atoms with van der Waals surface area (Å²) >= 11 is 0. The summed E-state index contributed by atoms with van der Waals surface area (Å²) in [5.41, 5.74) is -1.97. The molecule has 1 aliphatic carbocycles. The van der Waals surface area contributed by atoms with Gasteiger partial charge in [-0.2, -0.15) is 0 Å². The first-order chi connectivity index (χ1) is 18.1. The van der Waals surface area contributed by atoms with E-state index in [9.17, 15) is 27.9 Å². The van der Waals surface area contributed by atoms with Gasteiger partial charge >= 0.3 is 12.1 Å². The molecule has 0 spiro atoms. The highest BCUT2D eigenvalue weighted by molar-refractivity contribution is 5.74. The fraction of sp³-hybridized carbons (Fsp3) is 0.704. The predicted molar refractivity (Wildman–Crippen MR) is 138 cm³/mol. The summed E-state index contributed by atoms with van der Waals surface area (Å²) in [5, 5.41) is 29.1. The van der Waals surface area contributed by atoms with Crippen molar-refractivity contribution in [3.05, 3.63) is 35.4 Å². The molecule has 38 heavy (non-hydrogen) atoms. The molecule has 1 saturated carbocycles. The van der Waals surface area contributed by atoms with Crippen molar-refractivity contribution in [2.75, 3.05) is 33.2 Å². The van der Waals surface area contributed by atoms with E-state index in [-0.39, 0.29) is 43.6 Å². The highest BCUT2D eigenvalue weighted by atomic mass is 19.2. The Morgan fingerprint density at radius 1 is 1.18 bits per heavy atom. The van der Waals surface area contributed by atoms with Crippen molar-refractivity contribution in [2.45, 2.75) is 75.6 Å². The zero-order valence-corrected chi connectivity index (χ0v) is 22.0. The highest BCUT2D eigenvalue weighted by Gasteiger charge is 2.43. The number of hydrogen-bond acceptors (Lipinski definition) is 4. The largest absolute Gasteiger partial charge is 0.465 e. The first-order valence-electron chi connectivity index (χ1n) is 13.6. The summed E-state index contributed by atoms with van der Waals surface area (Å²) in [4.78, 5) is 25.7. The lowest BCUT2D eigenvalue weighted by atomic mass is 9.74. The highest BCUT2D eigenvalue weighted by Crippen LogP contribution is 2.41. The van der Waals surface area contributed by atoms with Crippen molar-refractivity contribution in [2.24, 2.45) is 11.8 Å². The third-order valence-corrected chi connectivity index (χ3v) is 7.99. The molecule has 3 atom stereocenters. The fourth-order valence-electron chi connectivity index (χ4n) is 5.97. The van der Waals surface area contributed by atoms with Crippen LogP contribution in [0.25, 0.3) is 0 Å². The maximum absolute atomic E-state index is 14.9. The summed E-state index contributed by atoms with van der Waals surface area (Å²) in [5.74, 6) is -2.45. The molecule has 1 heterocycles. The van der Waals surface area contributed by atoms with Gasteiger partial charge in [-0.05, 0) is 76.8 Å². The van der Waals surface area contributed by atoms with Crippen LogP contribution in [0.2, 0.25) is 0 Å². The first-order valence-corrected chi connectivity index (χ1v) is 13.6. The molecule has 0 radical (unpaired) electrons. The third-order valence-electron chi connectivity index (χ3n) is 7.99. The molecule has 1 aliphatic heterocycles. The molecule has 1 aromatic carbocycles. The van der Waals surface area contributed by atoms with Crippen LogP contribution in [-0.2, 0) is 5.60 Å². The van der Waals surface area contributed by atoms with Crippen LogP contribution in [0.15, 0.2) is 18.2 Å². The normalized spacial score (nSPS) is 24.3. The Bertz CT molecular complexity index is 932. The topological polar surface area (TPSA) is 114 Å². The molecule has 3 amide bonds. The van der Waals surface area contributed by atoms with Crippen molar-refractivity contribution in [1.82, 2.24) is 20.9 Å². The SMILES string of the molecule is CNC[C@H](C[C@H]1CC[C@H](F)CC1)NC(=O)N1CCC[C@@H]([C@@](O)(CCCNC(=O)O)c2cccc(F)c2F)C1. The van der Waals surface area contributed by atoms with Gasteiger partial charge in [-0.25, -0.2) is 22.8 Å². The number of carbonyl (C=O) groups excluding carboxylic acids is 1. The van der Waals surface area contributed by atoms with Crippen molar-refractivity contribution in [3.8, 4) is 0 Å². The minimum Gasteiger partial charge on any atom is -0.465 e. The van der Waals surface area contributed by atoms with Crippen molar-refractivity contribution < 1.29 is 33.0 Å². The van der Waals surface area contributed by atoms with Crippen molar-refractivity contribution >= 4 is 12.1 Å². The van der Waals surface area contributed by atoms with Crippen LogP contribution in [0.5, 0.6) is 0 Å². The molecule has 1 saturated heterocycles. The van der Waals surface area contributed by atoms with E-state index in [1.165, 1.54) is 12.1 Å². The zero-order valence-electron chi connectivity index (χ0n) is 22.0. The Kier molecular flexibility index (Phi) is 11.1. The van der Waals surface area contributed by atoms with Gasteiger partial charge in [0.15, 0.2) is 11.6 Å². The average Bonchev–Trinajstić information content (AvgIpc) is 2.89. The molecule has 11 heteroatoms. The Hall–Kier alpha value is -2.53. The van der Waals surface area contributed by atoms with E-state index in [0.29, 0.717) is 44.7 Å².